The van der Waals surface area contributed by atoms with E-state index in [9.17, 15) is 9.18 Å². The minimum absolute atomic E-state index is 0.0556. The van der Waals surface area contributed by atoms with E-state index in [1.165, 1.54) is 19.2 Å². The SMILES string of the molecule is COCC(=O)NCCC1CNCCOC1.Fc1ccccc1Cl. The van der Waals surface area contributed by atoms with E-state index in [1.54, 1.807) is 12.1 Å². The van der Waals surface area contributed by atoms with Crippen LogP contribution in [-0.4, -0.2) is 52.5 Å². The van der Waals surface area contributed by atoms with Crippen LogP contribution >= 0.6 is 11.6 Å². The highest BCUT2D eigenvalue weighted by molar-refractivity contribution is 6.30. The van der Waals surface area contributed by atoms with Crippen LogP contribution in [0.1, 0.15) is 6.42 Å². The fourth-order valence-electron chi connectivity index (χ4n) is 1.98. The van der Waals surface area contributed by atoms with Gasteiger partial charge in [-0.1, -0.05) is 23.7 Å². The van der Waals surface area contributed by atoms with Gasteiger partial charge in [-0.15, -0.1) is 0 Å². The molecule has 0 saturated carbocycles. The van der Waals surface area contributed by atoms with Crippen LogP contribution in [-0.2, 0) is 14.3 Å². The summed E-state index contributed by atoms with van der Waals surface area (Å²) in [6.45, 7) is 4.30. The quantitative estimate of drug-likeness (QED) is 0.854. The zero-order valence-corrected chi connectivity index (χ0v) is 14.1. The number of benzene rings is 1. The normalized spacial score (nSPS) is 17.6. The Balaban J connectivity index is 0.000000277. The van der Waals surface area contributed by atoms with Crippen molar-refractivity contribution in [2.24, 2.45) is 5.92 Å². The van der Waals surface area contributed by atoms with Crippen LogP contribution < -0.4 is 10.6 Å². The maximum absolute atomic E-state index is 12.2. The molecule has 0 radical (unpaired) electrons. The number of amides is 1. The minimum Gasteiger partial charge on any atom is -0.380 e. The van der Waals surface area contributed by atoms with Crippen LogP contribution in [0.2, 0.25) is 5.02 Å². The zero-order valence-electron chi connectivity index (χ0n) is 13.3. The largest absolute Gasteiger partial charge is 0.380 e. The van der Waals surface area contributed by atoms with Crippen molar-refractivity contribution >= 4 is 17.5 Å². The average Bonchev–Trinajstić information content (AvgIpc) is 2.80. The first-order valence-corrected chi connectivity index (χ1v) is 7.95. The molecule has 1 amide bonds. The van der Waals surface area contributed by atoms with Gasteiger partial charge in [0.1, 0.15) is 12.4 Å². The first kappa shape index (κ1) is 19.8. The highest BCUT2D eigenvalue weighted by Crippen LogP contribution is 2.11. The molecule has 2 rings (SSSR count). The van der Waals surface area contributed by atoms with Gasteiger partial charge in [0.25, 0.3) is 0 Å². The molecule has 1 aliphatic rings. The molecule has 1 heterocycles. The highest BCUT2D eigenvalue weighted by atomic mass is 35.5. The van der Waals surface area contributed by atoms with E-state index in [-0.39, 0.29) is 23.4 Å². The molecular formula is C16H24ClFN2O3. The van der Waals surface area contributed by atoms with Gasteiger partial charge in [0.05, 0.1) is 18.2 Å². The Labute approximate surface area is 141 Å². The zero-order chi connectivity index (χ0) is 16.9. The Bertz CT molecular complexity index is 434. The summed E-state index contributed by atoms with van der Waals surface area (Å²) >= 11 is 5.33. The molecule has 1 aromatic carbocycles. The second-order valence-electron chi connectivity index (χ2n) is 5.13. The Morgan fingerprint density at radius 3 is 2.96 bits per heavy atom. The lowest BCUT2D eigenvalue weighted by molar-refractivity contribution is -0.124. The van der Waals surface area contributed by atoms with Gasteiger partial charge in [-0.2, -0.15) is 0 Å². The van der Waals surface area contributed by atoms with Crippen molar-refractivity contribution in [2.75, 3.05) is 46.6 Å². The van der Waals surface area contributed by atoms with Crippen molar-refractivity contribution < 1.29 is 18.7 Å². The van der Waals surface area contributed by atoms with Crippen molar-refractivity contribution in [3.05, 3.63) is 35.1 Å². The molecule has 7 heteroatoms. The maximum Gasteiger partial charge on any atom is 0.245 e. The highest BCUT2D eigenvalue weighted by Gasteiger charge is 2.12. The number of methoxy groups -OCH3 is 1. The van der Waals surface area contributed by atoms with Crippen molar-refractivity contribution in [2.45, 2.75) is 6.42 Å². The molecule has 130 valence electrons. The lowest BCUT2D eigenvalue weighted by Gasteiger charge is -2.13. The van der Waals surface area contributed by atoms with Crippen LogP contribution in [0.3, 0.4) is 0 Å². The van der Waals surface area contributed by atoms with Gasteiger partial charge in [0.15, 0.2) is 0 Å². The molecule has 1 atom stereocenters. The number of halogens is 2. The van der Waals surface area contributed by atoms with Crippen molar-refractivity contribution in [3.8, 4) is 0 Å². The number of carbonyl (C=O) groups excluding carboxylic acids is 1. The van der Waals surface area contributed by atoms with Crippen LogP contribution in [0.15, 0.2) is 24.3 Å². The smallest absolute Gasteiger partial charge is 0.245 e. The molecular weight excluding hydrogens is 323 g/mol. The van der Waals surface area contributed by atoms with Crippen molar-refractivity contribution in [3.63, 3.8) is 0 Å². The number of hydrogen-bond acceptors (Lipinski definition) is 4. The molecule has 0 bridgehead atoms. The van der Waals surface area contributed by atoms with Crippen molar-refractivity contribution in [1.29, 1.82) is 0 Å². The molecule has 1 unspecified atom stereocenters. The lowest BCUT2D eigenvalue weighted by atomic mass is 10.1. The molecule has 0 aliphatic carbocycles. The summed E-state index contributed by atoms with van der Waals surface area (Å²) in [5.74, 6) is 0.0736. The van der Waals surface area contributed by atoms with Crippen LogP contribution in [0, 0.1) is 11.7 Å². The standard InChI is InChI=1S/C10H20N2O3.C6H4ClF/c1-14-8-10(13)12-3-2-9-6-11-4-5-15-7-9;7-5-3-1-2-4-6(5)8/h9,11H,2-8H2,1H3,(H,12,13);1-4H. The summed E-state index contributed by atoms with van der Waals surface area (Å²) in [7, 11) is 1.52. The Hall–Kier alpha value is -1.21. The second-order valence-corrected chi connectivity index (χ2v) is 5.54. The summed E-state index contributed by atoms with van der Waals surface area (Å²) in [6.07, 6.45) is 0.947. The number of carbonyl (C=O) groups is 1. The van der Waals surface area contributed by atoms with Gasteiger partial charge < -0.3 is 20.1 Å². The first-order chi connectivity index (χ1) is 11.1. The Morgan fingerprint density at radius 1 is 1.52 bits per heavy atom. The van der Waals surface area contributed by atoms with Gasteiger partial charge in [-0.25, -0.2) is 4.39 Å². The third kappa shape index (κ3) is 9.50. The maximum atomic E-state index is 12.2. The van der Waals surface area contributed by atoms with Gasteiger partial charge in [-0.05, 0) is 24.5 Å². The molecule has 23 heavy (non-hydrogen) atoms. The molecule has 0 spiro atoms. The molecule has 1 aromatic rings. The average molecular weight is 347 g/mol. The summed E-state index contributed by atoms with van der Waals surface area (Å²) in [5.41, 5.74) is 0. The summed E-state index contributed by atoms with van der Waals surface area (Å²) < 4.78 is 22.3. The Morgan fingerprint density at radius 2 is 2.30 bits per heavy atom. The summed E-state index contributed by atoms with van der Waals surface area (Å²) in [5, 5.41) is 6.28. The number of rotatable bonds is 5. The fraction of sp³-hybridized carbons (Fsp3) is 0.562. The van der Waals surface area contributed by atoms with E-state index in [1.807, 2.05) is 0 Å². The third-order valence-corrected chi connectivity index (χ3v) is 3.49. The second kappa shape index (κ2) is 12.2. The molecule has 0 aromatic heterocycles. The molecule has 5 nitrogen and oxygen atoms in total. The van der Waals surface area contributed by atoms with E-state index in [0.717, 1.165) is 32.7 Å². The van der Waals surface area contributed by atoms with E-state index in [0.29, 0.717) is 12.5 Å². The van der Waals surface area contributed by atoms with Gasteiger partial charge in [0, 0.05) is 26.7 Å². The molecule has 2 N–H and O–H groups in total. The molecule has 1 aliphatic heterocycles. The van der Waals surface area contributed by atoms with Gasteiger partial charge in [-0.3, -0.25) is 4.79 Å². The Kier molecular flexibility index (Phi) is 10.6. The topological polar surface area (TPSA) is 59.6 Å². The minimum atomic E-state index is -0.367. The lowest BCUT2D eigenvalue weighted by Crippen LogP contribution is -2.31. The van der Waals surface area contributed by atoms with Crippen LogP contribution in [0.5, 0.6) is 0 Å². The molecule has 1 saturated heterocycles. The molecule has 1 fully saturated rings. The van der Waals surface area contributed by atoms with Crippen LogP contribution in [0.4, 0.5) is 4.39 Å². The van der Waals surface area contributed by atoms with E-state index < -0.39 is 0 Å². The number of ether oxygens (including phenoxy) is 2. The summed E-state index contributed by atoms with van der Waals surface area (Å²) in [6, 6.07) is 6.12. The third-order valence-electron chi connectivity index (χ3n) is 3.18. The first-order valence-electron chi connectivity index (χ1n) is 7.57. The van der Waals surface area contributed by atoms with E-state index in [2.05, 4.69) is 10.6 Å². The van der Waals surface area contributed by atoms with Gasteiger partial charge >= 0.3 is 0 Å². The fourth-order valence-corrected chi connectivity index (χ4v) is 2.12. The monoisotopic (exact) mass is 346 g/mol. The van der Waals surface area contributed by atoms with E-state index >= 15 is 0 Å². The number of hydrogen-bond donors (Lipinski definition) is 2. The summed E-state index contributed by atoms with van der Waals surface area (Å²) in [4.78, 5) is 11.1. The predicted octanol–water partition coefficient (Wildman–Crippen LogP) is 1.85. The van der Waals surface area contributed by atoms with Crippen LogP contribution in [0.25, 0.3) is 0 Å². The van der Waals surface area contributed by atoms with Gasteiger partial charge in [0.2, 0.25) is 5.91 Å². The van der Waals surface area contributed by atoms with Crippen molar-refractivity contribution in [1.82, 2.24) is 10.6 Å². The predicted molar refractivity (Wildman–Crippen MR) is 88.1 cm³/mol. The van der Waals surface area contributed by atoms with E-state index in [4.69, 9.17) is 21.1 Å². The number of nitrogens with one attached hydrogen (secondary N) is 2.